The van der Waals surface area contributed by atoms with Crippen molar-refractivity contribution >= 4 is 30.7 Å². The van der Waals surface area contributed by atoms with Crippen LogP contribution >= 0.6 is 24.8 Å². The van der Waals surface area contributed by atoms with Gasteiger partial charge in [0.05, 0.1) is 18.3 Å². The third-order valence-corrected chi connectivity index (χ3v) is 6.33. The molecule has 0 heterocycles. The van der Waals surface area contributed by atoms with Crippen LogP contribution in [-0.4, -0.2) is 62.6 Å². The summed E-state index contributed by atoms with van der Waals surface area (Å²) >= 11 is 0. The zero-order chi connectivity index (χ0) is 25.3. The van der Waals surface area contributed by atoms with Crippen LogP contribution in [-0.2, 0) is 4.74 Å². The molecule has 0 fully saturated rings. The smallest absolute Gasteiger partial charge is 0.255 e. The molecule has 0 saturated carbocycles. The summed E-state index contributed by atoms with van der Waals surface area (Å²) in [5, 5.41) is 17.0. The molecule has 7 nitrogen and oxygen atoms in total. The van der Waals surface area contributed by atoms with E-state index in [1.807, 2.05) is 18.2 Å². The SMILES string of the molecule is CCCC[C@@H](C)NC[C@H](O)[C@@H](N)C[C@H](CNC(=O)c1ccccc1OCCCCOC)C(C)C.Cl.Cl. The molecule has 1 aromatic rings. The summed E-state index contributed by atoms with van der Waals surface area (Å²) in [7, 11) is 1.69. The van der Waals surface area contributed by atoms with Crippen LogP contribution in [0.15, 0.2) is 24.3 Å². The Morgan fingerprint density at radius 1 is 1.06 bits per heavy atom. The summed E-state index contributed by atoms with van der Waals surface area (Å²) in [6, 6.07) is 7.34. The van der Waals surface area contributed by atoms with Crippen LogP contribution in [0.3, 0.4) is 0 Å². The molecular weight excluding hydrogens is 501 g/mol. The van der Waals surface area contributed by atoms with E-state index in [9.17, 15) is 9.90 Å². The summed E-state index contributed by atoms with van der Waals surface area (Å²) < 4.78 is 10.9. The Labute approximate surface area is 231 Å². The number of amides is 1. The van der Waals surface area contributed by atoms with Gasteiger partial charge in [-0.1, -0.05) is 45.7 Å². The van der Waals surface area contributed by atoms with E-state index in [4.69, 9.17) is 15.2 Å². The average molecular weight is 553 g/mol. The molecule has 1 rings (SSSR count). The van der Waals surface area contributed by atoms with Gasteiger partial charge in [0.15, 0.2) is 0 Å². The summed E-state index contributed by atoms with van der Waals surface area (Å²) in [6.45, 7) is 10.8. The third kappa shape index (κ3) is 15.2. The van der Waals surface area contributed by atoms with Gasteiger partial charge in [0.25, 0.3) is 5.91 Å². The Bertz CT molecular complexity index is 682. The van der Waals surface area contributed by atoms with Gasteiger partial charge in [-0.25, -0.2) is 0 Å². The number of benzene rings is 1. The van der Waals surface area contributed by atoms with Crippen LogP contribution in [0.5, 0.6) is 5.75 Å². The van der Waals surface area contributed by atoms with Crippen molar-refractivity contribution in [2.75, 3.05) is 33.4 Å². The maximum Gasteiger partial charge on any atom is 0.255 e. The molecule has 1 amide bonds. The lowest BCUT2D eigenvalue weighted by Crippen LogP contribution is -2.46. The fourth-order valence-electron chi connectivity index (χ4n) is 3.81. The molecule has 36 heavy (non-hydrogen) atoms. The first-order valence-corrected chi connectivity index (χ1v) is 13.0. The minimum absolute atomic E-state index is 0. The number of aliphatic hydroxyl groups is 1. The second kappa shape index (κ2) is 21.9. The number of hydrogen-bond acceptors (Lipinski definition) is 6. The molecule has 0 spiro atoms. The van der Waals surface area contributed by atoms with Gasteiger partial charge in [0.1, 0.15) is 5.75 Å². The second-order valence-corrected chi connectivity index (χ2v) is 9.68. The molecule has 0 aliphatic rings. The number of hydrogen-bond donors (Lipinski definition) is 4. The number of para-hydroxylation sites is 1. The van der Waals surface area contributed by atoms with Crippen molar-refractivity contribution in [3.8, 4) is 5.75 Å². The number of nitrogens with two attached hydrogens (primary N) is 1. The van der Waals surface area contributed by atoms with Crippen molar-refractivity contribution in [2.45, 2.75) is 84.4 Å². The molecule has 0 bridgehead atoms. The Morgan fingerprint density at radius 3 is 2.36 bits per heavy atom. The normalized spacial score (nSPS) is 14.2. The van der Waals surface area contributed by atoms with Crippen molar-refractivity contribution in [2.24, 2.45) is 17.6 Å². The Morgan fingerprint density at radius 2 is 1.72 bits per heavy atom. The third-order valence-electron chi connectivity index (χ3n) is 6.33. The van der Waals surface area contributed by atoms with E-state index < -0.39 is 6.10 Å². The molecule has 5 N–H and O–H groups in total. The molecule has 212 valence electrons. The Balaban J connectivity index is 0. The summed E-state index contributed by atoms with van der Waals surface area (Å²) in [5.41, 5.74) is 6.88. The quantitative estimate of drug-likeness (QED) is 0.187. The Hall–Kier alpha value is -1.09. The van der Waals surface area contributed by atoms with Gasteiger partial charge in [0.2, 0.25) is 0 Å². The highest BCUT2D eigenvalue weighted by Crippen LogP contribution is 2.20. The minimum atomic E-state index is -0.617. The maximum absolute atomic E-state index is 12.9. The van der Waals surface area contributed by atoms with Gasteiger partial charge in [-0.15, -0.1) is 24.8 Å². The molecule has 9 heteroatoms. The van der Waals surface area contributed by atoms with Crippen LogP contribution in [0, 0.1) is 11.8 Å². The molecule has 0 saturated heterocycles. The number of nitrogens with one attached hydrogen (secondary N) is 2. The van der Waals surface area contributed by atoms with Crippen LogP contribution in [0.4, 0.5) is 0 Å². The molecule has 0 aliphatic heterocycles. The highest BCUT2D eigenvalue weighted by Gasteiger charge is 2.23. The number of carbonyl (C=O) groups excluding carboxylic acids is 1. The van der Waals surface area contributed by atoms with Gasteiger partial charge < -0.3 is 30.9 Å². The largest absolute Gasteiger partial charge is 0.493 e. The maximum atomic E-state index is 12.9. The summed E-state index contributed by atoms with van der Waals surface area (Å²) in [6.07, 6.45) is 5.24. The number of methoxy groups -OCH3 is 1. The fraction of sp³-hybridized carbons (Fsp3) is 0.741. The first kappa shape index (κ1) is 37.1. The van der Waals surface area contributed by atoms with E-state index in [0.29, 0.717) is 56.0 Å². The summed E-state index contributed by atoms with van der Waals surface area (Å²) in [4.78, 5) is 12.9. The number of unbranched alkanes of at least 4 members (excludes halogenated alkanes) is 2. The molecule has 1 aromatic carbocycles. The lowest BCUT2D eigenvalue weighted by Gasteiger charge is -2.28. The van der Waals surface area contributed by atoms with Crippen molar-refractivity contribution in [1.82, 2.24) is 10.6 Å². The van der Waals surface area contributed by atoms with E-state index >= 15 is 0 Å². The first-order chi connectivity index (χ1) is 16.3. The topological polar surface area (TPSA) is 106 Å². The van der Waals surface area contributed by atoms with Gasteiger partial charge in [-0.2, -0.15) is 0 Å². The standard InChI is InChI=1S/C27H49N3O4.2ClH/c1-6-7-12-21(4)29-19-25(31)24(28)17-22(20(2)3)18-30-27(32)23-13-8-9-14-26(23)34-16-11-10-15-33-5;;/h8-9,13-14,20-22,24-25,29,31H,6-7,10-12,15-19,28H2,1-5H3,(H,30,32);2*1H/t21-,22-,24+,25+;;/m1../s1. The van der Waals surface area contributed by atoms with Gasteiger partial charge in [-0.3, -0.25) is 4.79 Å². The van der Waals surface area contributed by atoms with E-state index in [1.165, 1.54) is 12.8 Å². The van der Waals surface area contributed by atoms with Crippen molar-refractivity contribution in [3.63, 3.8) is 0 Å². The first-order valence-electron chi connectivity index (χ1n) is 13.0. The molecular formula is C27H51Cl2N3O4. The average Bonchev–Trinajstić information content (AvgIpc) is 2.83. The Kier molecular flexibility index (Phi) is 22.6. The van der Waals surface area contributed by atoms with Crippen molar-refractivity contribution < 1.29 is 19.4 Å². The number of halogens is 2. The van der Waals surface area contributed by atoms with Crippen LogP contribution in [0.2, 0.25) is 0 Å². The zero-order valence-corrected chi connectivity index (χ0v) is 24.5. The highest BCUT2D eigenvalue weighted by atomic mass is 35.5. The van der Waals surface area contributed by atoms with Gasteiger partial charge >= 0.3 is 0 Å². The molecule has 0 aromatic heterocycles. The second-order valence-electron chi connectivity index (χ2n) is 9.68. The lowest BCUT2D eigenvalue weighted by atomic mass is 9.87. The van der Waals surface area contributed by atoms with E-state index in [0.717, 1.165) is 19.3 Å². The van der Waals surface area contributed by atoms with Gasteiger partial charge in [-0.05, 0) is 56.6 Å². The van der Waals surface area contributed by atoms with Crippen LogP contribution < -0.4 is 21.1 Å². The summed E-state index contributed by atoms with van der Waals surface area (Å²) in [5.74, 6) is 0.920. The van der Waals surface area contributed by atoms with Crippen LogP contribution in [0.1, 0.15) is 76.6 Å². The molecule has 4 atom stereocenters. The van der Waals surface area contributed by atoms with E-state index in [2.05, 4.69) is 38.3 Å². The van der Waals surface area contributed by atoms with Gasteiger partial charge in [0, 0.05) is 38.9 Å². The molecule has 0 unspecified atom stereocenters. The lowest BCUT2D eigenvalue weighted by molar-refractivity contribution is 0.0926. The highest BCUT2D eigenvalue weighted by molar-refractivity contribution is 5.96. The zero-order valence-electron chi connectivity index (χ0n) is 22.8. The number of carbonyl (C=O) groups is 1. The number of rotatable bonds is 19. The number of aliphatic hydroxyl groups excluding tert-OH is 1. The molecule has 0 radical (unpaired) electrons. The van der Waals surface area contributed by atoms with E-state index in [1.54, 1.807) is 13.2 Å². The predicted molar refractivity (Wildman–Crippen MR) is 154 cm³/mol. The van der Waals surface area contributed by atoms with Crippen molar-refractivity contribution in [1.29, 1.82) is 0 Å². The number of ether oxygens (including phenoxy) is 2. The van der Waals surface area contributed by atoms with Crippen LogP contribution in [0.25, 0.3) is 0 Å². The minimum Gasteiger partial charge on any atom is -0.493 e. The van der Waals surface area contributed by atoms with E-state index in [-0.39, 0.29) is 42.7 Å². The fourth-order valence-corrected chi connectivity index (χ4v) is 3.81. The molecule has 0 aliphatic carbocycles. The predicted octanol–water partition coefficient (Wildman–Crippen LogP) is 4.58. The van der Waals surface area contributed by atoms with Crippen molar-refractivity contribution in [3.05, 3.63) is 29.8 Å². The monoisotopic (exact) mass is 551 g/mol.